The summed E-state index contributed by atoms with van der Waals surface area (Å²) in [6.07, 6.45) is 0. The summed E-state index contributed by atoms with van der Waals surface area (Å²) >= 11 is 7.47. The molecule has 0 bridgehead atoms. The van der Waals surface area contributed by atoms with Crippen molar-refractivity contribution < 1.29 is 4.74 Å². The second kappa shape index (κ2) is 3.20. The fraction of sp³-hybridized carbons (Fsp3) is 0.600. The standard InChI is InChI=1S/C10H14ClNOS/c1-9(2)6-13-10(3,12-9)7-4-5-8(11)14-7/h4-5,12H,6H2,1-3H3. The lowest BCUT2D eigenvalue weighted by Crippen LogP contribution is -2.44. The van der Waals surface area contributed by atoms with Crippen LogP contribution in [0.3, 0.4) is 0 Å². The van der Waals surface area contributed by atoms with E-state index in [-0.39, 0.29) is 11.3 Å². The smallest absolute Gasteiger partial charge is 0.152 e. The van der Waals surface area contributed by atoms with Crippen molar-refractivity contribution in [3.63, 3.8) is 0 Å². The summed E-state index contributed by atoms with van der Waals surface area (Å²) in [5.74, 6) is 0. The molecule has 1 saturated heterocycles. The second-order valence-electron chi connectivity index (χ2n) is 4.43. The monoisotopic (exact) mass is 231 g/mol. The molecule has 0 amide bonds. The largest absolute Gasteiger partial charge is 0.354 e. The van der Waals surface area contributed by atoms with Crippen molar-refractivity contribution >= 4 is 22.9 Å². The lowest BCUT2D eigenvalue weighted by atomic mass is 10.1. The van der Waals surface area contributed by atoms with Crippen LogP contribution in [0.2, 0.25) is 4.34 Å². The first kappa shape index (κ1) is 10.4. The maximum atomic E-state index is 5.91. The van der Waals surface area contributed by atoms with Gasteiger partial charge in [-0.3, -0.25) is 5.32 Å². The van der Waals surface area contributed by atoms with E-state index in [4.69, 9.17) is 16.3 Å². The van der Waals surface area contributed by atoms with Crippen molar-refractivity contribution in [2.75, 3.05) is 6.61 Å². The van der Waals surface area contributed by atoms with Gasteiger partial charge in [-0.25, -0.2) is 0 Å². The lowest BCUT2D eigenvalue weighted by molar-refractivity contribution is 0.00530. The zero-order chi connectivity index (χ0) is 10.4. The fourth-order valence-corrected chi connectivity index (χ4v) is 2.85. The maximum Gasteiger partial charge on any atom is 0.152 e. The third-order valence-electron chi connectivity index (χ3n) is 2.34. The molecule has 1 aromatic heterocycles. The molecule has 1 fully saturated rings. The first-order valence-electron chi connectivity index (χ1n) is 4.60. The van der Waals surface area contributed by atoms with Crippen LogP contribution in [-0.4, -0.2) is 12.1 Å². The van der Waals surface area contributed by atoms with E-state index in [2.05, 4.69) is 19.2 Å². The Morgan fingerprint density at radius 1 is 1.43 bits per heavy atom. The molecule has 0 radical (unpaired) electrons. The Morgan fingerprint density at radius 2 is 2.14 bits per heavy atom. The van der Waals surface area contributed by atoms with E-state index in [0.29, 0.717) is 0 Å². The minimum Gasteiger partial charge on any atom is -0.354 e. The van der Waals surface area contributed by atoms with Crippen LogP contribution < -0.4 is 5.32 Å². The molecule has 78 valence electrons. The summed E-state index contributed by atoms with van der Waals surface area (Å²) in [7, 11) is 0. The molecule has 1 atom stereocenters. The molecule has 14 heavy (non-hydrogen) atoms. The van der Waals surface area contributed by atoms with Crippen LogP contribution in [-0.2, 0) is 10.5 Å². The number of hydrogen-bond acceptors (Lipinski definition) is 3. The summed E-state index contributed by atoms with van der Waals surface area (Å²) in [6.45, 7) is 7.03. The van der Waals surface area contributed by atoms with Crippen molar-refractivity contribution in [1.82, 2.24) is 5.32 Å². The second-order valence-corrected chi connectivity index (χ2v) is 6.15. The molecule has 0 saturated carbocycles. The van der Waals surface area contributed by atoms with E-state index in [0.717, 1.165) is 15.8 Å². The summed E-state index contributed by atoms with van der Waals surface area (Å²) in [5, 5.41) is 3.47. The van der Waals surface area contributed by atoms with Gasteiger partial charge in [0, 0.05) is 5.54 Å². The Hall–Kier alpha value is -0.0900. The van der Waals surface area contributed by atoms with E-state index in [1.807, 2.05) is 19.1 Å². The zero-order valence-corrected chi connectivity index (χ0v) is 10.1. The van der Waals surface area contributed by atoms with Gasteiger partial charge in [0.15, 0.2) is 5.72 Å². The number of halogens is 1. The maximum absolute atomic E-state index is 5.91. The Morgan fingerprint density at radius 3 is 2.57 bits per heavy atom. The van der Waals surface area contributed by atoms with E-state index in [9.17, 15) is 0 Å². The van der Waals surface area contributed by atoms with E-state index in [1.54, 1.807) is 11.3 Å². The third-order valence-corrected chi connectivity index (χ3v) is 3.78. The Balaban J connectivity index is 2.27. The topological polar surface area (TPSA) is 21.3 Å². The van der Waals surface area contributed by atoms with Crippen LogP contribution >= 0.6 is 22.9 Å². The van der Waals surface area contributed by atoms with Gasteiger partial charge in [0.05, 0.1) is 15.8 Å². The first-order chi connectivity index (χ1) is 6.41. The minimum atomic E-state index is -0.374. The summed E-state index contributed by atoms with van der Waals surface area (Å²) in [5.41, 5.74) is -0.341. The number of thiophene rings is 1. The van der Waals surface area contributed by atoms with Crippen molar-refractivity contribution in [2.24, 2.45) is 0 Å². The molecule has 0 aliphatic carbocycles. The summed E-state index contributed by atoms with van der Waals surface area (Å²) < 4.78 is 6.60. The SMILES string of the molecule is CC1(C)COC(C)(c2ccc(Cl)s2)N1. The number of nitrogens with one attached hydrogen (secondary N) is 1. The van der Waals surface area contributed by atoms with Crippen LogP contribution in [0.5, 0.6) is 0 Å². The molecule has 2 rings (SSSR count). The summed E-state index contributed by atoms with van der Waals surface area (Å²) in [4.78, 5) is 1.13. The average Bonchev–Trinajstić information content (AvgIpc) is 2.57. The van der Waals surface area contributed by atoms with Crippen LogP contribution in [0.1, 0.15) is 25.6 Å². The molecule has 2 nitrogen and oxygen atoms in total. The highest BCUT2D eigenvalue weighted by Crippen LogP contribution is 2.37. The molecular formula is C10H14ClNOS. The van der Waals surface area contributed by atoms with Gasteiger partial charge in [-0.05, 0) is 32.9 Å². The van der Waals surface area contributed by atoms with Crippen molar-refractivity contribution in [3.8, 4) is 0 Å². The molecule has 0 aromatic carbocycles. The molecule has 1 N–H and O–H groups in total. The van der Waals surface area contributed by atoms with Crippen LogP contribution in [0.25, 0.3) is 0 Å². The van der Waals surface area contributed by atoms with Gasteiger partial charge in [0.1, 0.15) is 0 Å². The molecule has 1 aromatic rings. The predicted molar refractivity (Wildman–Crippen MR) is 59.8 cm³/mol. The molecule has 0 spiro atoms. The summed E-state index contributed by atoms with van der Waals surface area (Å²) in [6, 6.07) is 3.92. The molecular weight excluding hydrogens is 218 g/mol. The predicted octanol–water partition coefficient (Wildman–Crippen LogP) is 2.97. The number of hydrogen-bond donors (Lipinski definition) is 1. The van der Waals surface area contributed by atoms with Gasteiger partial charge in [0.25, 0.3) is 0 Å². The van der Waals surface area contributed by atoms with E-state index < -0.39 is 0 Å². The molecule has 1 unspecified atom stereocenters. The quantitative estimate of drug-likeness (QED) is 0.803. The minimum absolute atomic E-state index is 0.0330. The van der Waals surface area contributed by atoms with E-state index >= 15 is 0 Å². The Bertz CT molecular complexity index is 350. The fourth-order valence-electron chi connectivity index (χ4n) is 1.75. The van der Waals surface area contributed by atoms with Crippen molar-refractivity contribution in [2.45, 2.75) is 32.0 Å². The van der Waals surface area contributed by atoms with Gasteiger partial charge < -0.3 is 4.74 Å². The number of ether oxygens (including phenoxy) is 1. The number of rotatable bonds is 1. The average molecular weight is 232 g/mol. The first-order valence-corrected chi connectivity index (χ1v) is 5.80. The normalized spacial score (nSPS) is 30.9. The molecule has 4 heteroatoms. The van der Waals surface area contributed by atoms with Crippen LogP contribution in [0, 0.1) is 0 Å². The van der Waals surface area contributed by atoms with Gasteiger partial charge >= 0.3 is 0 Å². The Kier molecular flexibility index (Phi) is 2.39. The Labute approximate surface area is 93.2 Å². The van der Waals surface area contributed by atoms with Crippen LogP contribution in [0.15, 0.2) is 12.1 Å². The zero-order valence-electron chi connectivity index (χ0n) is 8.56. The van der Waals surface area contributed by atoms with Crippen molar-refractivity contribution in [3.05, 3.63) is 21.3 Å². The van der Waals surface area contributed by atoms with Gasteiger partial charge in [-0.1, -0.05) is 11.6 Å². The highest BCUT2D eigenvalue weighted by molar-refractivity contribution is 7.16. The highest BCUT2D eigenvalue weighted by Gasteiger charge is 2.42. The molecule has 2 heterocycles. The molecule has 1 aliphatic rings. The third kappa shape index (κ3) is 1.82. The highest BCUT2D eigenvalue weighted by atomic mass is 35.5. The van der Waals surface area contributed by atoms with Gasteiger partial charge in [0.2, 0.25) is 0 Å². The lowest BCUT2D eigenvalue weighted by Gasteiger charge is -2.25. The molecule has 1 aliphatic heterocycles. The van der Waals surface area contributed by atoms with E-state index in [1.165, 1.54) is 0 Å². The van der Waals surface area contributed by atoms with Gasteiger partial charge in [-0.2, -0.15) is 0 Å². The van der Waals surface area contributed by atoms with Gasteiger partial charge in [-0.15, -0.1) is 11.3 Å². The van der Waals surface area contributed by atoms with Crippen molar-refractivity contribution in [1.29, 1.82) is 0 Å². The van der Waals surface area contributed by atoms with Crippen LogP contribution in [0.4, 0.5) is 0 Å².